The lowest BCUT2D eigenvalue weighted by Crippen LogP contribution is -2.34. The SMILES string of the molecule is CCN(C(=O)COC(=O)c1cnc(Cl)c(Cl)c1)c1ccccc1. The van der Waals surface area contributed by atoms with E-state index in [9.17, 15) is 9.59 Å². The van der Waals surface area contributed by atoms with Gasteiger partial charge in [-0.15, -0.1) is 0 Å². The second-order valence-electron chi connectivity index (χ2n) is 4.55. The lowest BCUT2D eigenvalue weighted by atomic mass is 10.3. The van der Waals surface area contributed by atoms with Gasteiger partial charge in [-0.25, -0.2) is 9.78 Å². The van der Waals surface area contributed by atoms with Crippen LogP contribution in [-0.4, -0.2) is 30.0 Å². The molecule has 120 valence electrons. The summed E-state index contributed by atoms with van der Waals surface area (Å²) >= 11 is 11.5. The molecular formula is C16H14Cl2N2O3. The number of hydrogen-bond donors (Lipinski definition) is 0. The summed E-state index contributed by atoms with van der Waals surface area (Å²) in [5, 5.41) is 0.243. The average molecular weight is 353 g/mol. The number of carbonyl (C=O) groups excluding carboxylic acids is 2. The molecule has 0 fully saturated rings. The molecule has 7 heteroatoms. The Morgan fingerprint density at radius 2 is 1.91 bits per heavy atom. The smallest absolute Gasteiger partial charge is 0.340 e. The molecule has 2 aromatic rings. The van der Waals surface area contributed by atoms with Crippen molar-refractivity contribution in [2.45, 2.75) is 6.92 Å². The van der Waals surface area contributed by atoms with Crippen molar-refractivity contribution < 1.29 is 14.3 Å². The Balaban J connectivity index is 2.00. The molecule has 0 aliphatic rings. The zero-order valence-corrected chi connectivity index (χ0v) is 13.8. The minimum absolute atomic E-state index is 0.0977. The molecule has 5 nitrogen and oxygen atoms in total. The lowest BCUT2D eigenvalue weighted by Gasteiger charge is -2.20. The van der Waals surface area contributed by atoms with E-state index in [-0.39, 0.29) is 28.3 Å². The molecule has 0 N–H and O–H groups in total. The number of para-hydroxylation sites is 1. The van der Waals surface area contributed by atoms with Crippen LogP contribution in [0.1, 0.15) is 17.3 Å². The second-order valence-corrected chi connectivity index (χ2v) is 5.31. The van der Waals surface area contributed by atoms with Crippen LogP contribution in [0.4, 0.5) is 5.69 Å². The molecule has 0 bridgehead atoms. The third-order valence-corrected chi connectivity index (χ3v) is 3.73. The van der Waals surface area contributed by atoms with Crippen LogP contribution >= 0.6 is 23.2 Å². The highest BCUT2D eigenvalue weighted by Gasteiger charge is 2.17. The van der Waals surface area contributed by atoms with E-state index >= 15 is 0 Å². The maximum Gasteiger partial charge on any atom is 0.340 e. The molecule has 1 aromatic heterocycles. The molecule has 1 heterocycles. The monoisotopic (exact) mass is 352 g/mol. The predicted molar refractivity (Wildman–Crippen MR) is 89.0 cm³/mol. The highest BCUT2D eigenvalue weighted by atomic mass is 35.5. The number of pyridine rings is 1. The average Bonchev–Trinajstić information content (AvgIpc) is 2.57. The van der Waals surface area contributed by atoms with E-state index in [1.54, 1.807) is 0 Å². The zero-order chi connectivity index (χ0) is 16.8. The van der Waals surface area contributed by atoms with Crippen LogP contribution in [0.2, 0.25) is 10.2 Å². The van der Waals surface area contributed by atoms with Gasteiger partial charge in [0.25, 0.3) is 5.91 Å². The van der Waals surface area contributed by atoms with Crippen LogP contribution < -0.4 is 4.90 Å². The van der Waals surface area contributed by atoms with Crippen LogP contribution in [0.3, 0.4) is 0 Å². The van der Waals surface area contributed by atoms with Crippen molar-refractivity contribution in [3.63, 3.8) is 0 Å². The van der Waals surface area contributed by atoms with E-state index in [1.807, 2.05) is 37.3 Å². The Labute approximate surface area is 143 Å². The van der Waals surface area contributed by atoms with Gasteiger partial charge in [-0.05, 0) is 25.1 Å². The third-order valence-electron chi connectivity index (χ3n) is 3.04. The summed E-state index contributed by atoms with van der Waals surface area (Å²) in [6.07, 6.45) is 1.25. The molecule has 0 aliphatic heterocycles. The molecule has 0 radical (unpaired) electrons. The van der Waals surface area contributed by atoms with Crippen LogP contribution in [0.5, 0.6) is 0 Å². The summed E-state index contributed by atoms with van der Waals surface area (Å²) in [7, 11) is 0. The molecule has 2 rings (SSSR count). The third kappa shape index (κ3) is 4.43. The number of rotatable bonds is 5. The van der Waals surface area contributed by atoms with Crippen molar-refractivity contribution in [3.05, 3.63) is 58.3 Å². The van der Waals surface area contributed by atoms with Crippen LogP contribution in [-0.2, 0) is 9.53 Å². The van der Waals surface area contributed by atoms with Crippen molar-refractivity contribution in [2.75, 3.05) is 18.1 Å². The van der Waals surface area contributed by atoms with Crippen molar-refractivity contribution >= 4 is 40.8 Å². The Morgan fingerprint density at radius 3 is 2.52 bits per heavy atom. The maximum absolute atomic E-state index is 12.2. The maximum atomic E-state index is 12.2. The van der Waals surface area contributed by atoms with Gasteiger partial charge in [0, 0.05) is 18.4 Å². The second kappa shape index (κ2) is 7.94. The summed E-state index contributed by atoms with van der Waals surface area (Å²) < 4.78 is 5.02. The normalized spacial score (nSPS) is 10.2. The van der Waals surface area contributed by atoms with Gasteiger partial charge in [0.1, 0.15) is 5.15 Å². The molecule has 23 heavy (non-hydrogen) atoms. The van der Waals surface area contributed by atoms with Gasteiger partial charge >= 0.3 is 5.97 Å². The standard InChI is InChI=1S/C16H14Cl2N2O3/c1-2-20(12-6-4-3-5-7-12)14(21)10-23-16(22)11-8-13(17)15(18)19-9-11/h3-9H,2,10H2,1H3. The Hall–Kier alpha value is -2.11. The first-order chi connectivity index (χ1) is 11.0. The first kappa shape index (κ1) is 17.2. The highest BCUT2D eigenvalue weighted by molar-refractivity contribution is 6.41. The first-order valence-electron chi connectivity index (χ1n) is 6.86. The van der Waals surface area contributed by atoms with Crippen LogP contribution in [0.25, 0.3) is 0 Å². The van der Waals surface area contributed by atoms with E-state index in [0.717, 1.165) is 5.69 Å². The fourth-order valence-electron chi connectivity index (χ4n) is 1.93. The van der Waals surface area contributed by atoms with Gasteiger partial charge in [-0.1, -0.05) is 41.4 Å². The lowest BCUT2D eigenvalue weighted by molar-refractivity contribution is -0.121. The summed E-state index contributed by atoms with van der Waals surface area (Å²) in [5.74, 6) is -1.01. The van der Waals surface area contributed by atoms with E-state index in [2.05, 4.69) is 4.98 Å². The number of aromatic nitrogens is 1. The van der Waals surface area contributed by atoms with Gasteiger partial charge < -0.3 is 9.64 Å². The summed E-state index contributed by atoms with van der Waals surface area (Å²) in [4.78, 5) is 29.4. The van der Waals surface area contributed by atoms with Crippen molar-refractivity contribution in [3.8, 4) is 0 Å². The molecule has 0 aliphatic carbocycles. The van der Waals surface area contributed by atoms with E-state index in [4.69, 9.17) is 27.9 Å². The molecule has 0 saturated carbocycles. The van der Waals surface area contributed by atoms with Gasteiger partial charge in [0.2, 0.25) is 0 Å². The van der Waals surface area contributed by atoms with E-state index in [1.165, 1.54) is 17.2 Å². The van der Waals surface area contributed by atoms with E-state index < -0.39 is 5.97 Å². The Morgan fingerprint density at radius 1 is 1.22 bits per heavy atom. The van der Waals surface area contributed by atoms with Gasteiger partial charge in [-0.3, -0.25) is 4.79 Å². The van der Waals surface area contributed by atoms with E-state index in [0.29, 0.717) is 6.54 Å². The Kier molecular flexibility index (Phi) is 5.96. The molecule has 0 saturated heterocycles. The van der Waals surface area contributed by atoms with Gasteiger partial charge in [0.05, 0.1) is 10.6 Å². The molecule has 0 spiro atoms. The minimum Gasteiger partial charge on any atom is -0.452 e. The number of amides is 1. The fourth-order valence-corrected chi connectivity index (χ4v) is 2.20. The number of halogens is 2. The molecule has 0 atom stereocenters. The topological polar surface area (TPSA) is 59.5 Å². The summed E-state index contributed by atoms with van der Waals surface area (Å²) in [6, 6.07) is 10.5. The quantitative estimate of drug-likeness (QED) is 0.609. The molecular weight excluding hydrogens is 339 g/mol. The first-order valence-corrected chi connectivity index (χ1v) is 7.62. The number of likely N-dealkylation sites (N-methyl/N-ethyl adjacent to an activating group) is 1. The summed E-state index contributed by atoms with van der Waals surface area (Å²) in [6.45, 7) is 1.94. The van der Waals surface area contributed by atoms with Crippen LogP contribution in [0.15, 0.2) is 42.6 Å². The molecule has 1 aromatic carbocycles. The van der Waals surface area contributed by atoms with Gasteiger partial charge in [0.15, 0.2) is 6.61 Å². The minimum atomic E-state index is -0.687. The fraction of sp³-hybridized carbons (Fsp3) is 0.188. The van der Waals surface area contributed by atoms with Crippen LogP contribution in [0, 0.1) is 0 Å². The number of benzene rings is 1. The number of hydrogen-bond acceptors (Lipinski definition) is 4. The number of esters is 1. The molecule has 1 amide bonds. The van der Waals surface area contributed by atoms with Crippen molar-refractivity contribution in [1.82, 2.24) is 4.98 Å². The number of ether oxygens (including phenoxy) is 1. The van der Waals surface area contributed by atoms with Crippen molar-refractivity contribution in [2.24, 2.45) is 0 Å². The highest BCUT2D eigenvalue weighted by Crippen LogP contribution is 2.20. The largest absolute Gasteiger partial charge is 0.452 e. The Bertz CT molecular complexity index is 708. The number of anilines is 1. The summed E-state index contributed by atoms with van der Waals surface area (Å²) in [5.41, 5.74) is 0.877. The molecule has 0 unspecified atom stereocenters. The zero-order valence-electron chi connectivity index (χ0n) is 12.3. The predicted octanol–water partition coefficient (Wildman–Crippen LogP) is 3.60. The van der Waals surface area contributed by atoms with Gasteiger partial charge in [-0.2, -0.15) is 0 Å². The number of carbonyl (C=O) groups is 2. The van der Waals surface area contributed by atoms with Crippen molar-refractivity contribution in [1.29, 1.82) is 0 Å². The number of nitrogens with zero attached hydrogens (tertiary/aromatic N) is 2.